The lowest BCUT2D eigenvalue weighted by Crippen LogP contribution is -2.60. The van der Waals surface area contributed by atoms with Crippen LogP contribution in [0.1, 0.15) is 49.2 Å². The molecule has 0 spiro atoms. The topological polar surface area (TPSA) is 146 Å². The van der Waals surface area contributed by atoms with E-state index >= 15 is 0 Å². The Morgan fingerprint density at radius 3 is 2.36 bits per heavy atom. The van der Waals surface area contributed by atoms with Gasteiger partial charge in [-0.1, -0.05) is 23.8 Å². The van der Waals surface area contributed by atoms with E-state index in [1.165, 1.54) is 12.1 Å². The van der Waals surface area contributed by atoms with Gasteiger partial charge >= 0.3 is 5.97 Å². The SMILES string of the molecule is COC(C)(C)/C=C/c1cc(C(=O)O)cc(CC=C(C)C)c1O[C@@H]1O[C@H](CO)[C@@H](O)[C@H](O)[C@H]1O. The molecule has 33 heavy (non-hydrogen) atoms. The van der Waals surface area contributed by atoms with Crippen molar-refractivity contribution in [1.29, 1.82) is 0 Å². The second-order valence-electron chi connectivity index (χ2n) is 8.80. The zero-order valence-electron chi connectivity index (χ0n) is 19.6. The van der Waals surface area contributed by atoms with Crippen LogP contribution in [0.4, 0.5) is 0 Å². The fraction of sp³-hybridized carbons (Fsp3) is 0.542. The molecule has 5 N–H and O–H groups in total. The minimum absolute atomic E-state index is 0.0446. The lowest BCUT2D eigenvalue weighted by atomic mass is 9.97. The Balaban J connectivity index is 2.60. The van der Waals surface area contributed by atoms with Crippen molar-refractivity contribution in [2.75, 3.05) is 13.7 Å². The summed E-state index contributed by atoms with van der Waals surface area (Å²) in [6, 6.07) is 2.90. The number of carboxylic acids is 1. The van der Waals surface area contributed by atoms with Gasteiger partial charge in [-0.25, -0.2) is 4.79 Å². The van der Waals surface area contributed by atoms with Gasteiger partial charge in [0.1, 0.15) is 30.2 Å². The highest BCUT2D eigenvalue weighted by Gasteiger charge is 2.45. The summed E-state index contributed by atoms with van der Waals surface area (Å²) in [7, 11) is 1.55. The van der Waals surface area contributed by atoms with E-state index in [4.69, 9.17) is 14.2 Å². The second kappa shape index (κ2) is 11.2. The number of methoxy groups -OCH3 is 1. The van der Waals surface area contributed by atoms with E-state index in [2.05, 4.69) is 0 Å². The molecule has 2 rings (SSSR count). The third-order valence-electron chi connectivity index (χ3n) is 5.44. The van der Waals surface area contributed by atoms with Gasteiger partial charge in [0.25, 0.3) is 0 Å². The lowest BCUT2D eigenvalue weighted by Gasteiger charge is -2.40. The fourth-order valence-corrected chi connectivity index (χ4v) is 3.21. The molecule has 0 aliphatic carbocycles. The molecular weight excluding hydrogens is 432 g/mol. The average Bonchev–Trinajstić information content (AvgIpc) is 2.77. The smallest absolute Gasteiger partial charge is 0.335 e. The summed E-state index contributed by atoms with van der Waals surface area (Å²) in [4.78, 5) is 11.8. The standard InChI is InChI=1S/C24H34O9/c1-13(2)6-7-14-10-16(22(29)30)11-15(8-9-24(3,4)31-5)21(14)33-23-20(28)19(27)18(26)17(12-25)32-23/h6,8-11,17-20,23,25-28H,7,12H2,1-5H3,(H,29,30)/b9-8+/t17-,18-,19+,20-,23+/m1/s1. The largest absolute Gasteiger partial charge is 0.478 e. The van der Waals surface area contributed by atoms with Gasteiger partial charge < -0.3 is 39.7 Å². The maximum absolute atomic E-state index is 11.8. The molecule has 184 valence electrons. The number of aliphatic hydroxyl groups is 4. The van der Waals surface area contributed by atoms with E-state index in [1.807, 2.05) is 33.8 Å². The van der Waals surface area contributed by atoms with Gasteiger partial charge in [-0.2, -0.15) is 0 Å². The summed E-state index contributed by atoms with van der Waals surface area (Å²) >= 11 is 0. The first-order valence-corrected chi connectivity index (χ1v) is 10.6. The molecule has 1 aromatic carbocycles. The molecular formula is C24H34O9. The Hall–Kier alpha value is -2.27. The zero-order valence-corrected chi connectivity index (χ0v) is 19.6. The third kappa shape index (κ3) is 6.86. The normalized spacial score (nSPS) is 25.8. The molecule has 0 radical (unpaired) electrons. The van der Waals surface area contributed by atoms with Crippen molar-refractivity contribution in [3.8, 4) is 5.75 Å². The zero-order chi connectivity index (χ0) is 24.9. The van der Waals surface area contributed by atoms with Crippen LogP contribution in [-0.2, 0) is 15.9 Å². The van der Waals surface area contributed by atoms with Crippen molar-refractivity contribution >= 4 is 12.0 Å². The summed E-state index contributed by atoms with van der Waals surface area (Å²) < 4.78 is 16.9. The van der Waals surface area contributed by atoms with Gasteiger partial charge in [0.2, 0.25) is 6.29 Å². The molecule has 9 heteroatoms. The Morgan fingerprint density at radius 1 is 1.15 bits per heavy atom. The molecule has 1 fully saturated rings. The van der Waals surface area contributed by atoms with E-state index < -0.39 is 48.9 Å². The first-order valence-electron chi connectivity index (χ1n) is 10.6. The van der Waals surface area contributed by atoms with E-state index in [0.717, 1.165) is 5.57 Å². The highest BCUT2D eigenvalue weighted by molar-refractivity contribution is 5.89. The van der Waals surface area contributed by atoms with Crippen molar-refractivity contribution in [3.05, 3.63) is 46.5 Å². The molecule has 9 nitrogen and oxygen atoms in total. The van der Waals surface area contributed by atoms with Crippen LogP contribution in [0.15, 0.2) is 29.9 Å². The predicted octanol–water partition coefficient (Wildman–Crippen LogP) is 1.51. The Labute approximate surface area is 193 Å². The molecule has 1 aliphatic rings. The summed E-state index contributed by atoms with van der Waals surface area (Å²) in [5, 5.41) is 49.7. The molecule has 1 aromatic rings. The first-order chi connectivity index (χ1) is 15.4. The number of carboxylic acid groups (broad SMARTS) is 1. The number of rotatable bonds is 9. The lowest BCUT2D eigenvalue weighted by molar-refractivity contribution is -0.277. The molecule has 0 saturated carbocycles. The van der Waals surface area contributed by atoms with Crippen molar-refractivity contribution < 1.29 is 44.5 Å². The van der Waals surface area contributed by atoms with Gasteiger partial charge in [0.05, 0.1) is 17.8 Å². The molecule has 1 saturated heterocycles. The number of benzene rings is 1. The van der Waals surface area contributed by atoms with Crippen molar-refractivity contribution in [3.63, 3.8) is 0 Å². The van der Waals surface area contributed by atoms with Gasteiger partial charge in [0, 0.05) is 12.7 Å². The van der Waals surface area contributed by atoms with Gasteiger partial charge in [-0.15, -0.1) is 0 Å². The fourth-order valence-electron chi connectivity index (χ4n) is 3.21. The molecule has 0 amide bonds. The van der Waals surface area contributed by atoms with Crippen molar-refractivity contribution in [1.82, 2.24) is 0 Å². The van der Waals surface area contributed by atoms with E-state index in [0.29, 0.717) is 17.5 Å². The molecule has 0 unspecified atom stereocenters. The number of aromatic carboxylic acids is 1. The number of hydrogen-bond acceptors (Lipinski definition) is 8. The number of carbonyl (C=O) groups is 1. The Bertz CT molecular complexity index is 884. The van der Waals surface area contributed by atoms with Crippen LogP contribution in [0.5, 0.6) is 5.75 Å². The van der Waals surface area contributed by atoms with Crippen LogP contribution in [0, 0.1) is 0 Å². The van der Waals surface area contributed by atoms with Crippen LogP contribution in [-0.4, -0.2) is 81.5 Å². The molecule has 1 heterocycles. The van der Waals surface area contributed by atoms with Crippen LogP contribution in [0.2, 0.25) is 0 Å². The predicted molar refractivity (Wildman–Crippen MR) is 121 cm³/mol. The molecule has 5 atom stereocenters. The number of aliphatic hydroxyl groups excluding tert-OH is 4. The number of allylic oxidation sites excluding steroid dienone is 2. The van der Waals surface area contributed by atoms with E-state index in [1.54, 1.807) is 19.3 Å². The van der Waals surface area contributed by atoms with Crippen molar-refractivity contribution in [2.24, 2.45) is 0 Å². The number of ether oxygens (including phenoxy) is 3. The van der Waals surface area contributed by atoms with Gasteiger partial charge in [0.15, 0.2) is 0 Å². The third-order valence-corrected chi connectivity index (χ3v) is 5.44. The van der Waals surface area contributed by atoms with Crippen LogP contribution in [0.3, 0.4) is 0 Å². The minimum Gasteiger partial charge on any atom is -0.478 e. The molecule has 0 aromatic heterocycles. The molecule has 0 bridgehead atoms. The summed E-state index contributed by atoms with van der Waals surface area (Å²) in [5.74, 6) is -0.876. The van der Waals surface area contributed by atoms with Crippen molar-refractivity contribution in [2.45, 2.75) is 70.4 Å². The maximum Gasteiger partial charge on any atom is 0.335 e. The van der Waals surface area contributed by atoms with Gasteiger partial charge in [-0.3, -0.25) is 0 Å². The quantitative estimate of drug-likeness (QED) is 0.342. The van der Waals surface area contributed by atoms with Crippen LogP contribution in [0.25, 0.3) is 6.08 Å². The highest BCUT2D eigenvalue weighted by atomic mass is 16.7. The monoisotopic (exact) mass is 466 g/mol. The van der Waals surface area contributed by atoms with Crippen LogP contribution >= 0.6 is 0 Å². The van der Waals surface area contributed by atoms with Gasteiger partial charge in [-0.05, 0) is 51.8 Å². The summed E-state index contributed by atoms with van der Waals surface area (Å²) in [6.07, 6.45) is -1.66. The van der Waals surface area contributed by atoms with E-state index in [9.17, 15) is 30.3 Å². The Morgan fingerprint density at radius 2 is 1.82 bits per heavy atom. The maximum atomic E-state index is 11.8. The summed E-state index contributed by atoms with van der Waals surface area (Å²) in [6.45, 7) is 6.86. The number of hydrogen-bond donors (Lipinski definition) is 5. The Kier molecular flexibility index (Phi) is 9.19. The first kappa shape index (κ1) is 27.0. The average molecular weight is 467 g/mol. The van der Waals surface area contributed by atoms with E-state index in [-0.39, 0.29) is 11.3 Å². The summed E-state index contributed by atoms with van der Waals surface area (Å²) in [5.41, 5.74) is 1.31. The minimum atomic E-state index is -1.61. The highest BCUT2D eigenvalue weighted by Crippen LogP contribution is 2.33. The second-order valence-corrected chi connectivity index (χ2v) is 8.80. The van der Waals surface area contributed by atoms with Crippen LogP contribution < -0.4 is 4.74 Å². The molecule has 1 aliphatic heterocycles.